The lowest BCUT2D eigenvalue weighted by Gasteiger charge is -2.53. The molecule has 0 aromatic rings. The molecule has 19 heavy (non-hydrogen) atoms. The minimum Gasteiger partial charge on any atom is -0.389 e. The number of rotatable bonds is 1. The number of hydrogen-bond donors (Lipinski definition) is 0. The molecule has 0 aromatic carbocycles. The molecule has 0 unspecified atom stereocenters. The normalized spacial score (nSPS) is 32.5. The summed E-state index contributed by atoms with van der Waals surface area (Å²) >= 11 is 0. The Hall–Kier alpha value is -0.0551. The van der Waals surface area contributed by atoms with Gasteiger partial charge in [0.2, 0.25) is 0 Å². The first-order valence-corrected chi connectivity index (χ1v) is 7.54. The van der Waals surface area contributed by atoms with Crippen molar-refractivity contribution in [3.63, 3.8) is 0 Å². The van der Waals surface area contributed by atoms with E-state index in [0.29, 0.717) is 0 Å². The predicted octanol–water partition coefficient (Wildman–Crippen LogP) is 3.62. The third-order valence-corrected chi connectivity index (χ3v) is 5.33. The first kappa shape index (κ1) is 15.3. The van der Waals surface area contributed by atoms with Crippen molar-refractivity contribution in [3.05, 3.63) is 0 Å². The van der Waals surface area contributed by atoms with Crippen LogP contribution in [0.1, 0.15) is 74.7 Å². The molecule has 0 N–H and O–H groups in total. The molecule has 2 fully saturated rings. The Morgan fingerprint density at radius 1 is 0.737 bits per heavy atom. The van der Waals surface area contributed by atoms with E-state index >= 15 is 0 Å². The van der Waals surface area contributed by atoms with Crippen LogP contribution in [0.25, 0.3) is 0 Å². The Labute approximate surface area is 119 Å². The van der Waals surface area contributed by atoms with E-state index in [1.807, 2.05) is 0 Å². The van der Waals surface area contributed by atoms with Crippen LogP contribution >= 0.6 is 0 Å². The molecule has 0 bridgehead atoms. The molecule has 0 atom stereocenters. The van der Waals surface area contributed by atoms with Crippen molar-refractivity contribution in [2.24, 2.45) is 0 Å². The molecule has 2 rings (SSSR count). The second kappa shape index (κ2) is 4.22. The standard InChI is InChI=1S/C15H30BNO2/c1-12(2)10-9-11-13(3,4)17(12)16-18-14(5,6)15(7,8)19-16/h9-11H2,1-8H3. The Morgan fingerprint density at radius 2 is 1.11 bits per heavy atom. The monoisotopic (exact) mass is 267 g/mol. The quantitative estimate of drug-likeness (QED) is 0.677. The highest BCUT2D eigenvalue weighted by atomic mass is 16.7. The van der Waals surface area contributed by atoms with Crippen molar-refractivity contribution < 1.29 is 9.31 Å². The number of piperidine rings is 1. The lowest BCUT2D eigenvalue weighted by Crippen LogP contribution is -2.65. The van der Waals surface area contributed by atoms with Crippen LogP contribution in [0, 0.1) is 0 Å². The topological polar surface area (TPSA) is 21.7 Å². The predicted molar refractivity (Wildman–Crippen MR) is 79.9 cm³/mol. The van der Waals surface area contributed by atoms with E-state index < -0.39 is 0 Å². The fourth-order valence-electron chi connectivity index (χ4n) is 3.50. The lowest BCUT2D eigenvalue weighted by molar-refractivity contribution is 0.00578. The summed E-state index contributed by atoms with van der Waals surface area (Å²) in [6, 6.07) is 0. The summed E-state index contributed by atoms with van der Waals surface area (Å²) in [6.45, 7) is 17.7. The zero-order valence-electron chi connectivity index (χ0n) is 14.0. The van der Waals surface area contributed by atoms with Gasteiger partial charge >= 0.3 is 7.25 Å². The summed E-state index contributed by atoms with van der Waals surface area (Å²) in [6.07, 6.45) is 3.66. The van der Waals surface area contributed by atoms with Gasteiger partial charge in [-0.15, -0.1) is 0 Å². The van der Waals surface area contributed by atoms with E-state index in [9.17, 15) is 0 Å². The molecule has 3 nitrogen and oxygen atoms in total. The van der Waals surface area contributed by atoms with Crippen LogP contribution in [0.15, 0.2) is 0 Å². The Bertz CT molecular complexity index is 331. The van der Waals surface area contributed by atoms with Gasteiger partial charge in [-0.1, -0.05) is 0 Å². The van der Waals surface area contributed by atoms with E-state index in [1.165, 1.54) is 19.3 Å². The smallest absolute Gasteiger partial charge is 0.389 e. The molecule has 4 heteroatoms. The molecule has 110 valence electrons. The Morgan fingerprint density at radius 3 is 1.47 bits per heavy atom. The van der Waals surface area contributed by atoms with Crippen molar-refractivity contribution >= 4 is 7.25 Å². The maximum absolute atomic E-state index is 6.28. The minimum absolute atomic E-state index is 0.114. The molecule has 0 aliphatic carbocycles. The second-order valence-electron chi connectivity index (χ2n) is 8.41. The van der Waals surface area contributed by atoms with Gasteiger partial charge in [-0.25, -0.2) is 0 Å². The summed E-state index contributed by atoms with van der Waals surface area (Å²) in [5.74, 6) is 0. The molecule has 0 aromatic heterocycles. The van der Waals surface area contributed by atoms with E-state index in [1.54, 1.807) is 0 Å². The molecule has 2 saturated heterocycles. The van der Waals surface area contributed by atoms with Gasteiger partial charge in [-0.05, 0) is 74.7 Å². The van der Waals surface area contributed by atoms with Gasteiger partial charge in [0.15, 0.2) is 0 Å². The van der Waals surface area contributed by atoms with E-state index in [-0.39, 0.29) is 29.5 Å². The molecule has 2 heterocycles. The fourth-order valence-corrected chi connectivity index (χ4v) is 3.50. The lowest BCUT2D eigenvalue weighted by atomic mass is 9.73. The molecular formula is C15H30BNO2. The molecule has 0 amide bonds. The maximum atomic E-state index is 6.28. The van der Waals surface area contributed by atoms with Gasteiger partial charge < -0.3 is 9.31 Å². The van der Waals surface area contributed by atoms with Crippen LogP contribution in [0.4, 0.5) is 0 Å². The fraction of sp³-hybridized carbons (Fsp3) is 1.00. The highest BCUT2D eigenvalue weighted by Gasteiger charge is 2.59. The maximum Gasteiger partial charge on any atom is 0.559 e. The Balaban J connectivity index is 2.30. The van der Waals surface area contributed by atoms with E-state index in [4.69, 9.17) is 9.31 Å². The Kier molecular flexibility index (Phi) is 3.41. The molecule has 0 radical (unpaired) electrons. The highest BCUT2D eigenvalue weighted by molar-refractivity contribution is 6.42. The van der Waals surface area contributed by atoms with Crippen LogP contribution in [-0.4, -0.2) is 34.3 Å². The van der Waals surface area contributed by atoms with Crippen molar-refractivity contribution in [2.45, 2.75) is 96.9 Å². The SMILES string of the molecule is CC1(C)CCCC(C)(C)N1B1OC(C)(C)C(C)(C)O1. The first-order chi connectivity index (χ1) is 8.39. The summed E-state index contributed by atoms with van der Waals surface area (Å²) in [5, 5.41) is 0. The highest BCUT2D eigenvalue weighted by Crippen LogP contribution is 2.45. The van der Waals surface area contributed by atoms with Gasteiger partial charge in [0.25, 0.3) is 0 Å². The third-order valence-electron chi connectivity index (χ3n) is 5.33. The second-order valence-corrected chi connectivity index (χ2v) is 8.41. The zero-order valence-corrected chi connectivity index (χ0v) is 14.0. The van der Waals surface area contributed by atoms with Gasteiger partial charge in [0, 0.05) is 11.1 Å². The van der Waals surface area contributed by atoms with Crippen LogP contribution in [0.5, 0.6) is 0 Å². The van der Waals surface area contributed by atoms with Crippen LogP contribution in [0.2, 0.25) is 0 Å². The largest absolute Gasteiger partial charge is 0.559 e. The van der Waals surface area contributed by atoms with Crippen molar-refractivity contribution in [1.29, 1.82) is 0 Å². The minimum atomic E-state index is -0.263. The van der Waals surface area contributed by atoms with Gasteiger partial charge in [-0.3, -0.25) is 4.81 Å². The first-order valence-electron chi connectivity index (χ1n) is 7.54. The average molecular weight is 267 g/mol. The van der Waals surface area contributed by atoms with E-state index in [0.717, 1.165) is 0 Å². The van der Waals surface area contributed by atoms with Crippen LogP contribution in [-0.2, 0) is 9.31 Å². The summed E-state index contributed by atoms with van der Waals surface area (Å²) in [7, 11) is -0.240. The molecule has 2 aliphatic heterocycles. The molecular weight excluding hydrogens is 237 g/mol. The molecule has 0 saturated carbocycles. The van der Waals surface area contributed by atoms with Gasteiger partial charge in [0.05, 0.1) is 11.2 Å². The van der Waals surface area contributed by atoms with Gasteiger partial charge in [-0.2, -0.15) is 0 Å². The zero-order chi connectivity index (χ0) is 14.7. The molecule has 2 aliphatic rings. The van der Waals surface area contributed by atoms with Crippen molar-refractivity contribution in [2.75, 3.05) is 0 Å². The number of nitrogens with zero attached hydrogens (tertiary/aromatic N) is 1. The van der Waals surface area contributed by atoms with Crippen molar-refractivity contribution in [1.82, 2.24) is 4.81 Å². The summed E-state index contributed by atoms with van der Waals surface area (Å²) in [4.78, 5) is 2.44. The summed E-state index contributed by atoms with van der Waals surface area (Å²) < 4.78 is 12.6. The molecule has 0 spiro atoms. The average Bonchev–Trinajstić information content (AvgIpc) is 2.30. The van der Waals surface area contributed by atoms with Crippen LogP contribution in [0.3, 0.4) is 0 Å². The third kappa shape index (κ3) is 2.47. The summed E-state index contributed by atoms with van der Waals surface area (Å²) in [5.41, 5.74) is -0.297. The van der Waals surface area contributed by atoms with Crippen LogP contribution < -0.4 is 0 Å². The number of hydrogen-bond acceptors (Lipinski definition) is 3. The van der Waals surface area contributed by atoms with Gasteiger partial charge in [0.1, 0.15) is 0 Å². The van der Waals surface area contributed by atoms with E-state index in [2.05, 4.69) is 60.2 Å². The van der Waals surface area contributed by atoms with Crippen molar-refractivity contribution in [3.8, 4) is 0 Å².